The molecule has 0 aliphatic carbocycles. The molecule has 2 aromatic carbocycles. The minimum Gasteiger partial charge on any atom is -0.373 e. The second-order valence-electron chi connectivity index (χ2n) is 7.24. The fraction of sp³-hybridized carbons (Fsp3) is 0.190. The van der Waals surface area contributed by atoms with Crippen LogP contribution in [-0.4, -0.2) is 39.4 Å². The van der Waals surface area contributed by atoms with Crippen LogP contribution in [0.2, 0.25) is 0 Å². The lowest BCUT2D eigenvalue weighted by molar-refractivity contribution is 0.0336. The Hall–Kier alpha value is -3.59. The Morgan fingerprint density at radius 2 is 1.97 bits per heavy atom. The van der Waals surface area contributed by atoms with Gasteiger partial charge in [0.25, 0.3) is 11.5 Å². The Labute approximate surface area is 168 Å². The molecule has 7 nitrogen and oxygen atoms in total. The fourth-order valence-corrected chi connectivity index (χ4v) is 3.96. The molecule has 0 saturated carbocycles. The van der Waals surface area contributed by atoms with Gasteiger partial charge in [-0.05, 0) is 35.7 Å². The zero-order valence-corrected chi connectivity index (χ0v) is 15.8. The molecule has 0 radical (unpaired) electrons. The molecule has 0 bridgehead atoms. The smallest absolute Gasteiger partial charge is 0.256 e. The van der Waals surface area contributed by atoms with Crippen molar-refractivity contribution in [2.45, 2.75) is 12.6 Å². The number of carbonyl (C=O) groups is 1. The molecule has 9 heteroatoms. The molecular formula is C21H16F2N4O3. The third-order valence-electron chi connectivity index (χ3n) is 5.50. The summed E-state index contributed by atoms with van der Waals surface area (Å²) in [6.07, 6.45) is 1.55. The maximum atomic E-state index is 14.0. The number of aromatic amines is 2. The molecule has 1 amide bonds. The first-order valence-corrected chi connectivity index (χ1v) is 9.26. The molecule has 3 heterocycles. The van der Waals surface area contributed by atoms with Crippen molar-refractivity contribution in [2.24, 2.45) is 0 Å². The number of fused-ring (bicyclic) bond motifs is 4. The zero-order chi connectivity index (χ0) is 21.0. The van der Waals surface area contributed by atoms with Crippen molar-refractivity contribution >= 4 is 27.7 Å². The number of carbonyl (C=O) groups excluding carboxylic acids is 1. The summed E-state index contributed by atoms with van der Waals surface area (Å²) in [7, 11) is 1.61. The maximum Gasteiger partial charge on any atom is 0.256 e. The van der Waals surface area contributed by atoms with E-state index in [-0.39, 0.29) is 29.9 Å². The standard InChI is InChI=1S/C21H16F2N4O3/c1-27(21(29)10-2-3-15-16(4-10)25-9-24-15)18-8-30-7-17-19(18)11-5-13(22)14(23)6-12(11)20(28)26-17/h2-6,9,18H,7-8H2,1H3,(H,24,25)(H,26,28). The number of pyridine rings is 1. The number of hydrogen-bond acceptors (Lipinski definition) is 4. The number of aromatic nitrogens is 3. The number of rotatable bonds is 2. The highest BCUT2D eigenvalue weighted by Crippen LogP contribution is 2.34. The van der Waals surface area contributed by atoms with Crippen LogP contribution in [0.5, 0.6) is 0 Å². The topological polar surface area (TPSA) is 91.1 Å². The largest absolute Gasteiger partial charge is 0.373 e. The van der Waals surface area contributed by atoms with E-state index in [0.717, 1.165) is 23.2 Å². The van der Waals surface area contributed by atoms with E-state index >= 15 is 0 Å². The third-order valence-corrected chi connectivity index (χ3v) is 5.50. The van der Waals surface area contributed by atoms with Gasteiger partial charge >= 0.3 is 0 Å². The van der Waals surface area contributed by atoms with Crippen LogP contribution >= 0.6 is 0 Å². The average Bonchev–Trinajstić information content (AvgIpc) is 3.21. The maximum absolute atomic E-state index is 14.0. The van der Waals surface area contributed by atoms with Crippen molar-refractivity contribution in [2.75, 3.05) is 13.7 Å². The summed E-state index contributed by atoms with van der Waals surface area (Å²) in [6.45, 7) is 0.264. The minimum absolute atomic E-state index is 0.0271. The predicted molar refractivity (Wildman–Crippen MR) is 105 cm³/mol. The monoisotopic (exact) mass is 410 g/mol. The highest BCUT2D eigenvalue weighted by molar-refractivity contribution is 5.98. The van der Waals surface area contributed by atoms with Crippen LogP contribution in [0, 0.1) is 11.6 Å². The van der Waals surface area contributed by atoms with Crippen molar-refractivity contribution in [3.8, 4) is 0 Å². The molecule has 5 rings (SSSR count). The molecule has 4 aromatic rings. The molecule has 2 N–H and O–H groups in total. The summed E-state index contributed by atoms with van der Waals surface area (Å²) in [5.74, 6) is -2.44. The number of nitrogens with one attached hydrogen (secondary N) is 2. The van der Waals surface area contributed by atoms with Crippen molar-refractivity contribution in [1.82, 2.24) is 19.9 Å². The lowest BCUT2D eigenvalue weighted by Crippen LogP contribution is -2.37. The van der Waals surface area contributed by atoms with E-state index in [1.165, 1.54) is 4.90 Å². The zero-order valence-electron chi connectivity index (χ0n) is 15.8. The number of imidazole rings is 1. The van der Waals surface area contributed by atoms with Crippen molar-refractivity contribution in [1.29, 1.82) is 0 Å². The molecular weight excluding hydrogens is 394 g/mol. The van der Waals surface area contributed by atoms with Gasteiger partial charge in [0.1, 0.15) is 0 Å². The summed E-state index contributed by atoms with van der Waals surface area (Å²) in [5.41, 5.74) is 2.35. The van der Waals surface area contributed by atoms with E-state index in [9.17, 15) is 18.4 Å². The summed E-state index contributed by atoms with van der Waals surface area (Å²) >= 11 is 0. The van der Waals surface area contributed by atoms with Gasteiger partial charge in [0, 0.05) is 23.9 Å². The van der Waals surface area contributed by atoms with Gasteiger partial charge in [0.15, 0.2) is 11.6 Å². The first kappa shape index (κ1) is 18.4. The van der Waals surface area contributed by atoms with Gasteiger partial charge in [-0.25, -0.2) is 13.8 Å². The minimum atomic E-state index is -1.10. The fourth-order valence-electron chi connectivity index (χ4n) is 3.96. The molecule has 1 aliphatic rings. The Morgan fingerprint density at radius 1 is 1.20 bits per heavy atom. The van der Waals surface area contributed by atoms with E-state index in [2.05, 4.69) is 15.0 Å². The Kier molecular flexibility index (Phi) is 4.14. The number of amides is 1. The molecule has 1 atom stereocenters. The van der Waals surface area contributed by atoms with Gasteiger partial charge in [0.05, 0.1) is 42.0 Å². The van der Waals surface area contributed by atoms with Crippen LogP contribution in [0.4, 0.5) is 8.78 Å². The van der Waals surface area contributed by atoms with Crippen molar-refractivity contribution in [3.05, 3.63) is 75.5 Å². The Bertz CT molecular complexity index is 1380. The van der Waals surface area contributed by atoms with Crippen LogP contribution in [0.1, 0.15) is 27.7 Å². The lowest BCUT2D eigenvalue weighted by atomic mass is 9.95. The first-order chi connectivity index (χ1) is 14.4. The second kappa shape index (κ2) is 6.74. The third kappa shape index (κ3) is 2.78. The van der Waals surface area contributed by atoms with Gasteiger partial charge in [-0.1, -0.05) is 0 Å². The van der Waals surface area contributed by atoms with Crippen LogP contribution in [0.3, 0.4) is 0 Å². The normalized spacial score (nSPS) is 16.0. The predicted octanol–water partition coefficient (Wildman–Crippen LogP) is 3.03. The highest BCUT2D eigenvalue weighted by Gasteiger charge is 2.31. The number of halogens is 2. The summed E-state index contributed by atoms with van der Waals surface area (Å²) < 4.78 is 33.3. The van der Waals surface area contributed by atoms with Gasteiger partial charge < -0.3 is 19.6 Å². The van der Waals surface area contributed by atoms with E-state index in [1.807, 2.05) is 0 Å². The second-order valence-corrected chi connectivity index (χ2v) is 7.24. The SMILES string of the molecule is CN(C(=O)c1ccc2nc[nH]c2c1)C1COCc2[nH]c(=O)c3cc(F)c(F)cc3c21. The highest BCUT2D eigenvalue weighted by atomic mass is 19.2. The Balaban J connectivity index is 1.62. The number of benzene rings is 2. The van der Waals surface area contributed by atoms with E-state index in [1.54, 1.807) is 31.6 Å². The molecule has 2 aromatic heterocycles. The number of ether oxygens (including phenoxy) is 1. The van der Waals surface area contributed by atoms with Crippen LogP contribution in [0.15, 0.2) is 41.5 Å². The molecule has 0 fully saturated rings. The lowest BCUT2D eigenvalue weighted by Gasteiger charge is -2.34. The number of hydrogen-bond donors (Lipinski definition) is 2. The van der Waals surface area contributed by atoms with Crippen LogP contribution < -0.4 is 5.56 Å². The molecule has 1 aliphatic heterocycles. The van der Waals surface area contributed by atoms with Gasteiger partial charge in [-0.2, -0.15) is 0 Å². The first-order valence-electron chi connectivity index (χ1n) is 9.26. The van der Waals surface area contributed by atoms with E-state index in [0.29, 0.717) is 16.8 Å². The molecule has 0 saturated heterocycles. The quantitative estimate of drug-likeness (QED) is 0.532. The molecule has 30 heavy (non-hydrogen) atoms. The van der Waals surface area contributed by atoms with Crippen molar-refractivity contribution in [3.63, 3.8) is 0 Å². The average molecular weight is 410 g/mol. The van der Waals surface area contributed by atoms with Gasteiger partial charge in [-0.3, -0.25) is 9.59 Å². The molecule has 0 spiro atoms. The Morgan fingerprint density at radius 3 is 2.77 bits per heavy atom. The molecule has 152 valence electrons. The summed E-state index contributed by atoms with van der Waals surface area (Å²) in [6, 6.07) is 6.40. The van der Waals surface area contributed by atoms with Gasteiger partial charge in [-0.15, -0.1) is 0 Å². The molecule has 1 unspecified atom stereocenters. The van der Waals surface area contributed by atoms with Crippen molar-refractivity contribution < 1.29 is 18.3 Å². The summed E-state index contributed by atoms with van der Waals surface area (Å²) in [4.78, 5) is 36.8. The van der Waals surface area contributed by atoms with Gasteiger partial charge in [0.2, 0.25) is 0 Å². The van der Waals surface area contributed by atoms with Crippen LogP contribution in [0.25, 0.3) is 21.8 Å². The number of likely N-dealkylation sites (N-methyl/N-ethyl adjacent to an activating group) is 1. The van der Waals surface area contributed by atoms with E-state index in [4.69, 9.17) is 4.74 Å². The van der Waals surface area contributed by atoms with E-state index < -0.39 is 23.2 Å². The number of H-pyrrole nitrogens is 2. The summed E-state index contributed by atoms with van der Waals surface area (Å²) in [5, 5.41) is 0.295. The van der Waals surface area contributed by atoms with Crippen LogP contribution in [-0.2, 0) is 11.3 Å². The number of nitrogens with zero attached hydrogens (tertiary/aromatic N) is 2.